The van der Waals surface area contributed by atoms with E-state index in [-0.39, 0.29) is 22.9 Å². The summed E-state index contributed by atoms with van der Waals surface area (Å²) < 4.78 is 26.9. The summed E-state index contributed by atoms with van der Waals surface area (Å²) in [5, 5.41) is 10.7. The number of sulfonamides is 1. The van der Waals surface area contributed by atoms with Gasteiger partial charge in [0.05, 0.1) is 16.2 Å². The van der Waals surface area contributed by atoms with E-state index in [0.29, 0.717) is 31.6 Å². The minimum atomic E-state index is -3.55. The highest BCUT2D eigenvalue weighted by molar-refractivity contribution is 7.89. The third-order valence-corrected chi connectivity index (χ3v) is 7.14. The highest BCUT2D eigenvalue weighted by Gasteiger charge is 2.28. The minimum Gasteiger partial charge on any atom is -0.312 e. The number of fused-ring (bicyclic) bond motifs is 1. The van der Waals surface area contributed by atoms with Crippen LogP contribution in [0, 0.1) is 10.1 Å². The number of nitrogens with zero attached hydrogens (tertiary/aromatic N) is 3. The highest BCUT2D eigenvalue weighted by Crippen LogP contribution is 2.31. The Balaban J connectivity index is 1.79. The first-order valence-electron chi connectivity index (χ1n) is 9.44. The molecule has 1 aliphatic rings. The van der Waals surface area contributed by atoms with E-state index < -0.39 is 14.9 Å². The predicted octanol–water partition coefficient (Wildman–Crippen LogP) is 2.76. The minimum absolute atomic E-state index is 0.0188. The second-order valence-electron chi connectivity index (χ2n) is 6.78. The van der Waals surface area contributed by atoms with Crippen LogP contribution in [-0.2, 0) is 27.7 Å². The Hall–Kier alpha value is -2.78. The lowest BCUT2D eigenvalue weighted by Crippen LogP contribution is -2.31. The lowest BCUT2D eigenvalue weighted by atomic mass is 10.1. The standard InChI is InChI=1S/C20H23N3O5S/c1-3-21(4-2)29(27,28)18-9-10-19-16(14-18)11-12-22(19)20(24)13-15-5-7-17(8-6-15)23(25)26/h5-10,14H,3-4,11-13H2,1-2H3. The Labute approximate surface area is 169 Å². The van der Waals surface area contributed by atoms with E-state index in [9.17, 15) is 23.3 Å². The molecule has 0 bridgehead atoms. The summed E-state index contributed by atoms with van der Waals surface area (Å²) in [5.74, 6) is -0.128. The summed E-state index contributed by atoms with van der Waals surface area (Å²) >= 11 is 0. The smallest absolute Gasteiger partial charge is 0.269 e. The summed E-state index contributed by atoms with van der Waals surface area (Å²) in [5.41, 5.74) is 2.22. The summed E-state index contributed by atoms with van der Waals surface area (Å²) in [7, 11) is -3.55. The maximum absolute atomic E-state index is 12.7. The maximum Gasteiger partial charge on any atom is 0.269 e. The molecule has 2 aromatic rings. The number of anilines is 1. The van der Waals surface area contributed by atoms with E-state index in [4.69, 9.17) is 0 Å². The highest BCUT2D eigenvalue weighted by atomic mass is 32.2. The molecule has 1 amide bonds. The molecule has 0 fully saturated rings. The van der Waals surface area contributed by atoms with Crippen molar-refractivity contribution in [2.75, 3.05) is 24.5 Å². The Kier molecular flexibility index (Phi) is 5.99. The quantitative estimate of drug-likeness (QED) is 0.509. The fourth-order valence-corrected chi connectivity index (χ4v) is 5.02. The molecule has 3 rings (SSSR count). The third kappa shape index (κ3) is 4.15. The molecule has 9 heteroatoms. The molecule has 0 N–H and O–H groups in total. The number of amides is 1. The Bertz CT molecular complexity index is 1030. The zero-order valence-corrected chi connectivity index (χ0v) is 17.2. The summed E-state index contributed by atoms with van der Waals surface area (Å²) in [4.78, 5) is 24.9. The van der Waals surface area contributed by atoms with Gasteiger partial charge in [-0.25, -0.2) is 8.42 Å². The molecule has 29 heavy (non-hydrogen) atoms. The number of hydrogen-bond donors (Lipinski definition) is 0. The molecule has 0 unspecified atom stereocenters. The van der Waals surface area contributed by atoms with Crippen LogP contribution in [-0.4, -0.2) is 43.2 Å². The number of hydrogen-bond acceptors (Lipinski definition) is 5. The van der Waals surface area contributed by atoms with E-state index in [2.05, 4.69) is 0 Å². The molecular formula is C20H23N3O5S. The lowest BCUT2D eigenvalue weighted by Gasteiger charge is -2.20. The Morgan fingerprint density at radius 2 is 1.79 bits per heavy atom. The number of benzene rings is 2. The van der Waals surface area contributed by atoms with Gasteiger partial charge in [0.25, 0.3) is 5.69 Å². The molecule has 0 aromatic heterocycles. The van der Waals surface area contributed by atoms with Crippen LogP contribution in [0.1, 0.15) is 25.0 Å². The van der Waals surface area contributed by atoms with Gasteiger partial charge in [-0.1, -0.05) is 26.0 Å². The largest absolute Gasteiger partial charge is 0.312 e. The fraction of sp³-hybridized carbons (Fsp3) is 0.350. The summed E-state index contributed by atoms with van der Waals surface area (Å²) in [6.45, 7) is 4.88. The summed E-state index contributed by atoms with van der Waals surface area (Å²) in [6, 6.07) is 10.8. The number of carbonyl (C=O) groups is 1. The van der Waals surface area contributed by atoms with Crippen LogP contribution in [0.3, 0.4) is 0 Å². The van der Waals surface area contributed by atoms with Crippen molar-refractivity contribution in [1.29, 1.82) is 0 Å². The van der Waals surface area contributed by atoms with Gasteiger partial charge in [-0.2, -0.15) is 4.31 Å². The van der Waals surface area contributed by atoms with Crippen LogP contribution in [0.5, 0.6) is 0 Å². The number of nitro groups is 1. The molecule has 0 spiro atoms. The van der Waals surface area contributed by atoms with Crippen molar-refractivity contribution in [3.63, 3.8) is 0 Å². The fourth-order valence-electron chi connectivity index (χ4n) is 3.52. The summed E-state index contributed by atoms with van der Waals surface area (Å²) in [6.07, 6.45) is 0.708. The van der Waals surface area contributed by atoms with Crippen LogP contribution in [0.4, 0.5) is 11.4 Å². The normalized spacial score (nSPS) is 13.6. The van der Waals surface area contributed by atoms with Crippen molar-refractivity contribution in [3.8, 4) is 0 Å². The second kappa shape index (κ2) is 8.30. The molecule has 1 heterocycles. The first kappa shape index (κ1) is 20.9. The zero-order valence-electron chi connectivity index (χ0n) is 16.4. The maximum atomic E-state index is 12.7. The van der Waals surface area contributed by atoms with Crippen LogP contribution in [0.2, 0.25) is 0 Å². The first-order chi connectivity index (χ1) is 13.8. The molecule has 154 valence electrons. The Morgan fingerprint density at radius 3 is 2.38 bits per heavy atom. The van der Waals surface area contributed by atoms with Gasteiger partial charge in [0.2, 0.25) is 15.9 Å². The van der Waals surface area contributed by atoms with Gasteiger partial charge in [-0.3, -0.25) is 14.9 Å². The van der Waals surface area contributed by atoms with Gasteiger partial charge in [-0.05, 0) is 35.7 Å². The first-order valence-corrected chi connectivity index (χ1v) is 10.9. The molecular weight excluding hydrogens is 394 g/mol. The number of nitro benzene ring substituents is 1. The number of carbonyl (C=O) groups excluding carboxylic acids is 1. The van der Waals surface area contributed by atoms with Crippen molar-refractivity contribution in [1.82, 2.24) is 4.31 Å². The monoisotopic (exact) mass is 417 g/mol. The molecule has 0 atom stereocenters. The van der Waals surface area contributed by atoms with Crippen LogP contribution in [0.25, 0.3) is 0 Å². The average Bonchev–Trinajstić information content (AvgIpc) is 3.12. The second-order valence-corrected chi connectivity index (χ2v) is 8.71. The third-order valence-electron chi connectivity index (χ3n) is 5.09. The molecule has 0 radical (unpaired) electrons. The molecule has 0 saturated heterocycles. The lowest BCUT2D eigenvalue weighted by molar-refractivity contribution is -0.384. The van der Waals surface area contributed by atoms with Crippen molar-refractivity contribution in [2.45, 2.75) is 31.6 Å². The van der Waals surface area contributed by atoms with Gasteiger partial charge < -0.3 is 4.90 Å². The van der Waals surface area contributed by atoms with Crippen molar-refractivity contribution in [2.24, 2.45) is 0 Å². The van der Waals surface area contributed by atoms with Crippen molar-refractivity contribution >= 4 is 27.3 Å². The Morgan fingerprint density at radius 1 is 1.14 bits per heavy atom. The van der Waals surface area contributed by atoms with Gasteiger partial charge in [0.15, 0.2) is 0 Å². The van der Waals surface area contributed by atoms with E-state index in [0.717, 1.165) is 11.3 Å². The molecule has 8 nitrogen and oxygen atoms in total. The van der Waals surface area contributed by atoms with E-state index in [1.807, 2.05) is 0 Å². The molecule has 2 aromatic carbocycles. The van der Waals surface area contributed by atoms with Crippen LogP contribution < -0.4 is 4.90 Å². The van der Waals surface area contributed by atoms with E-state index in [1.54, 1.807) is 49.1 Å². The number of non-ortho nitro benzene ring substituents is 1. The van der Waals surface area contributed by atoms with Gasteiger partial charge in [-0.15, -0.1) is 0 Å². The zero-order chi connectivity index (χ0) is 21.2. The van der Waals surface area contributed by atoms with Gasteiger partial charge >= 0.3 is 0 Å². The predicted molar refractivity (Wildman–Crippen MR) is 109 cm³/mol. The number of rotatable bonds is 7. The SMILES string of the molecule is CCN(CC)S(=O)(=O)c1ccc2c(c1)CCN2C(=O)Cc1ccc([N+](=O)[O-])cc1. The van der Waals surface area contributed by atoms with Crippen molar-refractivity contribution < 1.29 is 18.1 Å². The van der Waals surface area contributed by atoms with Crippen LogP contribution in [0.15, 0.2) is 47.4 Å². The van der Waals surface area contributed by atoms with Gasteiger partial charge in [0.1, 0.15) is 0 Å². The topological polar surface area (TPSA) is 101 Å². The molecule has 0 saturated carbocycles. The van der Waals surface area contributed by atoms with Crippen molar-refractivity contribution in [3.05, 3.63) is 63.7 Å². The van der Waals surface area contributed by atoms with Gasteiger partial charge in [0, 0.05) is 37.5 Å². The van der Waals surface area contributed by atoms with Crippen LogP contribution >= 0.6 is 0 Å². The molecule has 0 aliphatic carbocycles. The van der Waals surface area contributed by atoms with E-state index >= 15 is 0 Å². The van der Waals surface area contributed by atoms with E-state index in [1.165, 1.54) is 16.4 Å². The molecule has 1 aliphatic heterocycles. The average molecular weight is 417 g/mol.